The van der Waals surface area contributed by atoms with Gasteiger partial charge in [0.2, 0.25) is 0 Å². The Labute approximate surface area is 131 Å². The van der Waals surface area contributed by atoms with Crippen molar-refractivity contribution in [3.05, 3.63) is 71.8 Å². The van der Waals surface area contributed by atoms with E-state index >= 15 is 0 Å². The number of hydrogen-bond acceptors (Lipinski definition) is 2. The van der Waals surface area contributed by atoms with Gasteiger partial charge in [0.1, 0.15) is 5.78 Å². The van der Waals surface area contributed by atoms with Crippen LogP contribution < -0.4 is 0 Å². The summed E-state index contributed by atoms with van der Waals surface area (Å²) >= 11 is 0. The maximum absolute atomic E-state index is 12.4. The minimum Gasteiger partial charge on any atom is -0.393 e. The topological polar surface area (TPSA) is 37.3 Å². The summed E-state index contributed by atoms with van der Waals surface area (Å²) in [7, 11) is 0. The van der Waals surface area contributed by atoms with E-state index in [1.54, 1.807) is 6.92 Å². The van der Waals surface area contributed by atoms with Crippen molar-refractivity contribution >= 4 is 5.78 Å². The monoisotopic (exact) mass is 294 g/mol. The van der Waals surface area contributed by atoms with Crippen LogP contribution in [-0.2, 0) is 10.2 Å². The van der Waals surface area contributed by atoms with Crippen LogP contribution in [0.25, 0.3) is 0 Å². The van der Waals surface area contributed by atoms with Gasteiger partial charge >= 0.3 is 0 Å². The third kappa shape index (κ3) is 2.19. The molecule has 2 heteroatoms. The molecule has 2 aromatic rings. The Hall–Kier alpha value is -1.93. The molecule has 0 spiro atoms. The Balaban J connectivity index is 2.15. The van der Waals surface area contributed by atoms with Crippen LogP contribution in [0.2, 0.25) is 0 Å². The zero-order chi connectivity index (χ0) is 15.7. The second kappa shape index (κ2) is 5.69. The van der Waals surface area contributed by atoms with Gasteiger partial charge in [-0.1, -0.05) is 67.6 Å². The average Bonchev–Trinajstić information content (AvgIpc) is 2.53. The number of Topliss-reactive ketones (excluding diaryl/α,β-unsaturated/α-hetero) is 1. The van der Waals surface area contributed by atoms with Gasteiger partial charge < -0.3 is 5.11 Å². The number of carbonyl (C=O) groups excluding carboxylic acids is 1. The van der Waals surface area contributed by atoms with Crippen LogP contribution in [0.5, 0.6) is 0 Å². The highest BCUT2D eigenvalue weighted by atomic mass is 16.3. The lowest BCUT2D eigenvalue weighted by Crippen LogP contribution is -2.57. The van der Waals surface area contributed by atoms with Gasteiger partial charge in [0.15, 0.2) is 0 Å². The second-order valence-corrected chi connectivity index (χ2v) is 6.42. The lowest BCUT2D eigenvalue weighted by Gasteiger charge is -2.52. The van der Waals surface area contributed by atoms with E-state index in [0.29, 0.717) is 6.42 Å². The molecule has 0 saturated heterocycles. The highest BCUT2D eigenvalue weighted by Crippen LogP contribution is 2.54. The molecule has 22 heavy (non-hydrogen) atoms. The standard InChI is InChI=1S/C20H22O2/c1-14(15(2)21)19-18(22)13-20(19,16-9-5-3-6-10-16)17-11-7-4-8-12-17/h3-12,14-15,19,21H,13H2,1-2H3. The number of carbonyl (C=O) groups is 1. The third-order valence-corrected chi connectivity index (χ3v) is 5.20. The molecule has 2 nitrogen and oxygen atoms in total. The molecular weight excluding hydrogens is 272 g/mol. The van der Waals surface area contributed by atoms with Crippen LogP contribution in [0.4, 0.5) is 0 Å². The van der Waals surface area contributed by atoms with E-state index in [1.807, 2.05) is 43.3 Å². The number of ketones is 1. The van der Waals surface area contributed by atoms with E-state index in [-0.39, 0.29) is 23.0 Å². The number of hydrogen-bond donors (Lipinski definition) is 1. The zero-order valence-corrected chi connectivity index (χ0v) is 13.1. The van der Waals surface area contributed by atoms with E-state index in [1.165, 1.54) is 11.1 Å². The summed E-state index contributed by atoms with van der Waals surface area (Å²) in [5.74, 6) is 0.0140. The molecule has 0 aliphatic heterocycles. The normalized spacial score (nSPS) is 22.7. The Morgan fingerprint density at radius 1 is 0.955 bits per heavy atom. The van der Waals surface area contributed by atoms with E-state index in [9.17, 15) is 9.90 Å². The smallest absolute Gasteiger partial charge is 0.138 e. The molecule has 1 aliphatic carbocycles. The van der Waals surface area contributed by atoms with Crippen LogP contribution in [0.3, 0.4) is 0 Å². The predicted octanol–water partition coefficient (Wildman–Crippen LogP) is 3.58. The quantitative estimate of drug-likeness (QED) is 0.936. The highest BCUT2D eigenvalue weighted by molar-refractivity contribution is 5.93. The molecule has 2 aromatic carbocycles. The summed E-state index contributed by atoms with van der Waals surface area (Å²) in [5, 5.41) is 10.0. The molecule has 3 atom stereocenters. The largest absolute Gasteiger partial charge is 0.393 e. The summed E-state index contributed by atoms with van der Waals surface area (Å²) in [6.07, 6.45) is 0.0176. The fourth-order valence-corrected chi connectivity index (χ4v) is 3.86. The summed E-state index contributed by atoms with van der Waals surface area (Å²) in [6, 6.07) is 20.5. The number of rotatable bonds is 4. The first-order valence-electron chi connectivity index (χ1n) is 7.89. The fraction of sp³-hybridized carbons (Fsp3) is 0.350. The fourth-order valence-electron chi connectivity index (χ4n) is 3.86. The van der Waals surface area contributed by atoms with E-state index in [4.69, 9.17) is 0 Å². The van der Waals surface area contributed by atoms with Crippen LogP contribution in [-0.4, -0.2) is 17.0 Å². The molecule has 0 bridgehead atoms. The van der Waals surface area contributed by atoms with Crippen LogP contribution >= 0.6 is 0 Å². The van der Waals surface area contributed by atoms with Gasteiger partial charge in [-0.15, -0.1) is 0 Å². The molecule has 3 rings (SSSR count). The van der Waals surface area contributed by atoms with Crippen LogP contribution in [0.15, 0.2) is 60.7 Å². The Morgan fingerprint density at radius 3 is 1.77 bits per heavy atom. The van der Waals surface area contributed by atoms with Gasteiger partial charge in [0.05, 0.1) is 6.10 Å². The van der Waals surface area contributed by atoms with Crippen molar-refractivity contribution in [1.29, 1.82) is 0 Å². The van der Waals surface area contributed by atoms with Crippen molar-refractivity contribution in [2.45, 2.75) is 31.8 Å². The van der Waals surface area contributed by atoms with Gasteiger partial charge in [-0.2, -0.15) is 0 Å². The van der Waals surface area contributed by atoms with Crippen LogP contribution in [0.1, 0.15) is 31.4 Å². The molecule has 3 unspecified atom stereocenters. The minimum atomic E-state index is -0.499. The van der Waals surface area contributed by atoms with Gasteiger partial charge in [0, 0.05) is 17.8 Å². The van der Waals surface area contributed by atoms with Crippen molar-refractivity contribution < 1.29 is 9.90 Å². The summed E-state index contributed by atoms with van der Waals surface area (Å²) < 4.78 is 0. The first-order valence-corrected chi connectivity index (χ1v) is 7.89. The molecule has 1 saturated carbocycles. The molecule has 0 heterocycles. The maximum Gasteiger partial charge on any atom is 0.138 e. The lowest BCUT2D eigenvalue weighted by atomic mass is 9.49. The maximum atomic E-state index is 12.4. The molecule has 1 N–H and O–H groups in total. The van der Waals surface area contributed by atoms with Crippen LogP contribution in [0, 0.1) is 11.8 Å². The van der Waals surface area contributed by atoms with Gasteiger partial charge in [0.25, 0.3) is 0 Å². The van der Waals surface area contributed by atoms with Crippen molar-refractivity contribution in [1.82, 2.24) is 0 Å². The molecule has 0 amide bonds. The molecule has 1 fully saturated rings. The van der Waals surface area contributed by atoms with E-state index in [2.05, 4.69) is 24.3 Å². The minimum absolute atomic E-state index is 0.0679. The Morgan fingerprint density at radius 2 is 1.41 bits per heavy atom. The molecule has 1 aliphatic rings. The second-order valence-electron chi connectivity index (χ2n) is 6.42. The predicted molar refractivity (Wildman–Crippen MR) is 87.6 cm³/mol. The molecule has 0 radical (unpaired) electrons. The number of benzene rings is 2. The SMILES string of the molecule is CC(O)C(C)C1C(=O)CC1(c1ccccc1)c1ccccc1. The van der Waals surface area contributed by atoms with E-state index < -0.39 is 6.10 Å². The van der Waals surface area contributed by atoms with Crippen molar-refractivity contribution in [2.75, 3.05) is 0 Å². The highest BCUT2D eigenvalue weighted by Gasteiger charge is 2.57. The first-order chi connectivity index (χ1) is 10.6. The van der Waals surface area contributed by atoms with Gasteiger partial charge in [-0.25, -0.2) is 0 Å². The first kappa shape index (κ1) is 15.0. The molecular formula is C20H22O2. The van der Waals surface area contributed by atoms with Gasteiger partial charge in [-0.05, 0) is 24.0 Å². The van der Waals surface area contributed by atoms with Gasteiger partial charge in [-0.3, -0.25) is 4.79 Å². The number of aliphatic hydroxyl groups is 1. The molecule has 114 valence electrons. The zero-order valence-electron chi connectivity index (χ0n) is 13.1. The summed E-state index contributed by atoms with van der Waals surface area (Å²) in [6.45, 7) is 3.75. The lowest BCUT2D eigenvalue weighted by molar-refractivity contribution is -0.140. The average molecular weight is 294 g/mol. The van der Waals surface area contributed by atoms with E-state index in [0.717, 1.165) is 0 Å². The molecule has 0 aromatic heterocycles. The Kier molecular flexibility index (Phi) is 3.88. The Bertz CT molecular complexity index is 606. The number of aliphatic hydroxyl groups excluding tert-OH is 1. The van der Waals surface area contributed by atoms with Crippen molar-refractivity contribution in [3.8, 4) is 0 Å². The third-order valence-electron chi connectivity index (χ3n) is 5.20. The summed E-state index contributed by atoms with van der Waals surface area (Å²) in [5.41, 5.74) is 2.02. The van der Waals surface area contributed by atoms with Crippen molar-refractivity contribution in [2.24, 2.45) is 11.8 Å². The van der Waals surface area contributed by atoms with Crippen molar-refractivity contribution in [3.63, 3.8) is 0 Å². The summed E-state index contributed by atoms with van der Waals surface area (Å²) in [4.78, 5) is 12.4.